The van der Waals surface area contributed by atoms with E-state index in [1.54, 1.807) is 14.2 Å². The van der Waals surface area contributed by atoms with Crippen molar-refractivity contribution in [3.05, 3.63) is 51.6 Å². The number of aliphatic hydroxyl groups excluding tert-OH is 1. The Bertz CT molecular complexity index is 1060. The maximum atomic E-state index is 13.7. The Morgan fingerprint density at radius 3 is 2.58 bits per heavy atom. The largest absolute Gasteiger partial charge is 0.497 e. The third-order valence-electron chi connectivity index (χ3n) is 8.25. The van der Waals surface area contributed by atoms with Crippen LogP contribution >= 0.6 is 22.6 Å². The third-order valence-corrected chi connectivity index (χ3v) is 13.1. The van der Waals surface area contributed by atoms with E-state index in [0.717, 1.165) is 33.5 Å². The fourth-order valence-electron chi connectivity index (χ4n) is 6.02. The number of ether oxygens (including phenoxy) is 3. The zero-order chi connectivity index (χ0) is 26.0. The predicted molar refractivity (Wildman–Crippen MR) is 153 cm³/mol. The number of carbonyl (C=O) groups excluding carboxylic acids is 1. The highest BCUT2D eigenvalue weighted by Gasteiger charge is 2.48. The molecule has 1 unspecified atom stereocenters. The van der Waals surface area contributed by atoms with E-state index in [1.807, 2.05) is 23.1 Å². The molecular formula is C28H38INO5Si. The summed E-state index contributed by atoms with van der Waals surface area (Å²) in [7, 11) is 1.19. The van der Waals surface area contributed by atoms with Gasteiger partial charge >= 0.3 is 0 Å². The Labute approximate surface area is 229 Å². The van der Waals surface area contributed by atoms with E-state index in [4.69, 9.17) is 14.2 Å². The van der Waals surface area contributed by atoms with Gasteiger partial charge in [-0.3, -0.25) is 4.79 Å². The predicted octanol–water partition coefficient (Wildman–Crippen LogP) is 4.74. The molecule has 5 atom stereocenters. The fraction of sp³-hybridized carbons (Fsp3) is 0.536. The summed E-state index contributed by atoms with van der Waals surface area (Å²) >= 11 is 2.32. The number of halogens is 1. The Hall–Kier alpha value is -1.62. The van der Waals surface area contributed by atoms with Gasteiger partial charge < -0.3 is 24.2 Å². The number of nitrogens with zero attached hydrogens (tertiary/aromatic N) is 1. The minimum atomic E-state index is -2.24. The van der Waals surface area contributed by atoms with E-state index in [-0.39, 0.29) is 42.2 Å². The number of carbonyl (C=O) groups is 1. The lowest BCUT2D eigenvalue weighted by Crippen LogP contribution is -2.55. The summed E-state index contributed by atoms with van der Waals surface area (Å²) < 4.78 is 19.4. The molecule has 0 radical (unpaired) electrons. The minimum absolute atomic E-state index is 0.0124. The number of likely N-dealkylation sites (tertiary alicyclic amines) is 1. The van der Waals surface area contributed by atoms with E-state index in [0.29, 0.717) is 13.0 Å². The molecule has 0 aromatic heterocycles. The van der Waals surface area contributed by atoms with Crippen LogP contribution in [-0.4, -0.2) is 63.5 Å². The van der Waals surface area contributed by atoms with Gasteiger partial charge in [-0.2, -0.15) is 0 Å². The topological polar surface area (TPSA) is 68.2 Å². The number of hydrogen-bond donors (Lipinski definition) is 1. The SMILES string of the molecule is COc1ccc([Si](C)(C)C(CC(=O)N2CCC[C@H]2CO)[C@H]2Oc3ccc(I)cc3[C@@H](OC)[C@@H]2C)cc1. The van der Waals surface area contributed by atoms with Crippen LogP contribution in [0.15, 0.2) is 42.5 Å². The van der Waals surface area contributed by atoms with Crippen LogP contribution in [0.25, 0.3) is 0 Å². The zero-order valence-corrected chi connectivity index (χ0v) is 25.0. The van der Waals surface area contributed by atoms with Crippen LogP contribution in [0, 0.1) is 9.49 Å². The second-order valence-corrected chi connectivity index (χ2v) is 16.6. The van der Waals surface area contributed by atoms with Crippen LogP contribution in [0.1, 0.15) is 37.9 Å². The first-order valence-electron chi connectivity index (χ1n) is 12.7. The van der Waals surface area contributed by atoms with Crippen LogP contribution < -0.4 is 14.7 Å². The lowest BCUT2D eigenvalue weighted by molar-refractivity contribution is -0.133. The van der Waals surface area contributed by atoms with E-state index < -0.39 is 8.07 Å². The first-order chi connectivity index (χ1) is 17.2. The minimum Gasteiger partial charge on any atom is -0.497 e. The van der Waals surface area contributed by atoms with Gasteiger partial charge in [0.25, 0.3) is 0 Å². The van der Waals surface area contributed by atoms with Crippen molar-refractivity contribution in [3.63, 3.8) is 0 Å². The molecule has 1 fully saturated rings. The summed E-state index contributed by atoms with van der Waals surface area (Å²) in [5, 5.41) is 11.1. The highest BCUT2D eigenvalue weighted by Crippen LogP contribution is 2.47. The van der Waals surface area contributed by atoms with Gasteiger partial charge in [0, 0.05) is 40.7 Å². The summed E-state index contributed by atoms with van der Waals surface area (Å²) in [5.74, 6) is 1.85. The highest BCUT2D eigenvalue weighted by atomic mass is 127. The van der Waals surface area contributed by atoms with Crippen molar-refractivity contribution in [1.29, 1.82) is 0 Å². The number of fused-ring (bicyclic) bond motifs is 1. The standard InChI is InChI=1S/C28H38INO5Si/c1-18-27(34-3)23-15-19(29)8-13-24(23)35-28(18)25(16-26(32)30-14-6-7-20(30)17-31)36(4,5)22-11-9-21(33-2)10-12-22/h8-13,15,18,20,25,27-28,31H,6-7,14,16-17H2,1-5H3/t18-,20-,25?,27-,28-/m0/s1. The van der Waals surface area contributed by atoms with Gasteiger partial charge in [-0.1, -0.05) is 37.3 Å². The molecule has 2 aliphatic rings. The van der Waals surface area contributed by atoms with Gasteiger partial charge in [-0.15, -0.1) is 0 Å². The average Bonchev–Trinajstić information content (AvgIpc) is 3.36. The van der Waals surface area contributed by atoms with Gasteiger partial charge in [0.15, 0.2) is 0 Å². The van der Waals surface area contributed by atoms with E-state index in [1.165, 1.54) is 5.19 Å². The van der Waals surface area contributed by atoms with Crippen LogP contribution in [0.3, 0.4) is 0 Å². The molecule has 2 aromatic carbocycles. The number of methoxy groups -OCH3 is 2. The number of aliphatic hydroxyl groups is 1. The molecule has 2 aliphatic heterocycles. The molecule has 2 aromatic rings. The number of amides is 1. The molecule has 0 spiro atoms. The second kappa shape index (κ2) is 11.4. The number of benzene rings is 2. The lowest BCUT2D eigenvalue weighted by Gasteiger charge is -2.46. The molecule has 0 aliphatic carbocycles. The molecule has 196 valence electrons. The summed E-state index contributed by atoms with van der Waals surface area (Å²) in [6, 6.07) is 14.4. The van der Waals surface area contributed by atoms with Gasteiger partial charge in [-0.25, -0.2) is 0 Å². The molecule has 0 saturated carbocycles. The first kappa shape index (κ1) is 27.4. The van der Waals surface area contributed by atoms with Crippen molar-refractivity contribution in [2.24, 2.45) is 5.92 Å². The quantitative estimate of drug-likeness (QED) is 0.340. The van der Waals surface area contributed by atoms with Crippen molar-refractivity contribution < 1.29 is 24.1 Å². The maximum Gasteiger partial charge on any atom is 0.223 e. The van der Waals surface area contributed by atoms with Gasteiger partial charge in [0.1, 0.15) is 17.6 Å². The van der Waals surface area contributed by atoms with Crippen molar-refractivity contribution in [1.82, 2.24) is 4.90 Å². The van der Waals surface area contributed by atoms with E-state index in [9.17, 15) is 9.90 Å². The van der Waals surface area contributed by atoms with Crippen LogP contribution in [-0.2, 0) is 9.53 Å². The molecule has 2 heterocycles. The molecular weight excluding hydrogens is 585 g/mol. The van der Waals surface area contributed by atoms with Crippen molar-refractivity contribution >= 4 is 41.8 Å². The Kier molecular flexibility index (Phi) is 8.69. The Balaban J connectivity index is 1.74. The van der Waals surface area contributed by atoms with Crippen LogP contribution in [0.5, 0.6) is 11.5 Å². The summed E-state index contributed by atoms with van der Waals surface area (Å²) in [6.45, 7) is 7.58. The molecule has 1 amide bonds. The molecule has 1 N–H and O–H groups in total. The fourth-order valence-corrected chi connectivity index (χ4v) is 9.87. The smallest absolute Gasteiger partial charge is 0.223 e. The van der Waals surface area contributed by atoms with Crippen molar-refractivity contribution in [2.45, 2.75) is 63.1 Å². The number of hydrogen-bond acceptors (Lipinski definition) is 5. The van der Waals surface area contributed by atoms with Crippen LogP contribution in [0.4, 0.5) is 0 Å². The molecule has 0 bridgehead atoms. The Morgan fingerprint density at radius 2 is 1.94 bits per heavy atom. The lowest BCUT2D eigenvalue weighted by atomic mass is 9.86. The van der Waals surface area contributed by atoms with Crippen molar-refractivity contribution in [3.8, 4) is 11.5 Å². The Morgan fingerprint density at radius 1 is 1.22 bits per heavy atom. The van der Waals surface area contributed by atoms with E-state index >= 15 is 0 Å². The molecule has 1 saturated heterocycles. The summed E-state index contributed by atoms with van der Waals surface area (Å²) in [6.07, 6.45) is 1.91. The van der Waals surface area contributed by atoms with Gasteiger partial charge in [0.2, 0.25) is 5.91 Å². The first-order valence-corrected chi connectivity index (χ1v) is 16.9. The molecule has 4 rings (SSSR count). The average molecular weight is 624 g/mol. The summed E-state index contributed by atoms with van der Waals surface area (Å²) in [5.41, 5.74) is 1.08. The highest BCUT2D eigenvalue weighted by molar-refractivity contribution is 14.1. The monoisotopic (exact) mass is 623 g/mol. The maximum absolute atomic E-state index is 13.7. The van der Waals surface area contributed by atoms with Gasteiger partial charge in [0.05, 0.1) is 33.9 Å². The normalized spacial score (nSPS) is 24.7. The van der Waals surface area contributed by atoms with Crippen LogP contribution in [0.2, 0.25) is 18.6 Å². The molecule has 8 heteroatoms. The summed E-state index contributed by atoms with van der Waals surface area (Å²) in [4.78, 5) is 15.6. The third kappa shape index (κ3) is 5.32. The molecule has 6 nitrogen and oxygen atoms in total. The van der Waals surface area contributed by atoms with E-state index in [2.05, 4.69) is 66.9 Å². The van der Waals surface area contributed by atoms with Crippen molar-refractivity contribution in [2.75, 3.05) is 27.4 Å². The molecule has 36 heavy (non-hydrogen) atoms. The van der Waals surface area contributed by atoms with Gasteiger partial charge in [-0.05, 0) is 65.8 Å². The number of rotatable bonds is 8. The zero-order valence-electron chi connectivity index (χ0n) is 21.9. The second-order valence-electron chi connectivity index (χ2n) is 10.6.